The van der Waals surface area contributed by atoms with Crippen molar-refractivity contribution in [3.8, 4) is 0 Å². The topological polar surface area (TPSA) is 77.5 Å². The molecule has 0 spiro atoms. The second kappa shape index (κ2) is 4.23. The van der Waals surface area contributed by atoms with Crippen LogP contribution in [-0.2, 0) is 4.74 Å². The summed E-state index contributed by atoms with van der Waals surface area (Å²) < 4.78 is 7.28. The molecule has 2 heterocycles. The molecule has 3 atom stereocenters. The van der Waals surface area contributed by atoms with E-state index in [1.54, 1.807) is 10.8 Å². The Bertz CT molecular complexity index is 390. The number of nitro groups is 1. The number of hydrogen-bond donors (Lipinski definition) is 1. The predicted octanol–water partition coefficient (Wildman–Crippen LogP) is 1.31. The zero-order valence-corrected chi connectivity index (χ0v) is 8.94. The first-order valence-electron chi connectivity index (χ1n) is 5.20. The van der Waals surface area contributed by atoms with Crippen LogP contribution in [0, 0.1) is 16.0 Å². The molecule has 0 aliphatic carbocycles. The Kier molecular flexibility index (Phi) is 2.93. The van der Waals surface area contributed by atoms with Crippen LogP contribution in [0.5, 0.6) is 0 Å². The van der Waals surface area contributed by atoms with Crippen molar-refractivity contribution in [3.05, 3.63) is 28.6 Å². The van der Waals surface area contributed by atoms with Crippen LogP contribution in [0.4, 0.5) is 5.69 Å². The third-order valence-corrected chi connectivity index (χ3v) is 2.96. The molecule has 0 bridgehead atoms. The van der Waals surface area contributed by atoms with Crippen LogP contribution >= 0.6 is 0 Å². The first kappa shape index (κ1) is 11.1. The summed E-state index contributed by atoms with van der Waals surface area (Å²) in [5.41, 5.74) is 0.0590. The van der Waals surface area contributed by atoms with Gasteiger partial charge in [0.25, 0.3) is 5.69 Å². The summed E-state index contributed by atoms with van der Waals surface area (Å²) in [6, 6.07) is 1.44. The summed E-state index contributed by atoms with van der Waals surface area (Å²) in [7, 11) is 0. The van der Waals surface area contributed by atoms with Crippen molar-refractivity contribution in [2.75, 3.05) is 6.61 Å². The highest BCUT2D eigenvalue weighted by molar-refractivity contribution is 5.26. The van der Waals surface area contributed by atoms with E-state index in [9.17, 15) is 10.1 Å². The third-order valence-electron chi connectivity index (χ3n) is 2.96. The van der Waals surface area contributed by atoms with E-state index in [-0.39, 0.29) is 30.5 Å². The Morgan fingerprint density at radius 3 is 3.00 bits per heavy atom. The normalized spacial score (nSPS) is 29.5. The zero-order valence-electron chi connectivity index (χ0n) is 8.94. The summed E-state index contributed by atoms with van der Waals surface area (Å²) in [6.45, 7) is 1.99. The molecule has 0 unspecified atom stereocenters. The predicted molar refractivity (Wildman–Crippen MR) is 55.9 cm³/mol. The van der Waals surface area contributed by atoms with E-state index in [1.807, 2.05) is 6.92 Å². The van der Waals surface area contributed by atoms with Gasteiger partial charge in [0.15, 0.2) is 0 Å². The fraction of sp³-hybridized carbons (Fsp3) is 0.600. The minimum absolute atomic E-state index is 0.0129. The van der Waals surface area contributed by atoms with Crippen molar-refractivity contribution in [2.24, 2.45) is 5.92 Å². The van der Waals surface area contributed by atoms with Crippen LogP contribution in [0.15, 0.2) is 18.5 Å². The minimum Gasteiger partial charge on any atom is -0.394 e. The van der Waals surface area contributed by atoms with Crippen molar-refractivity contribution < 1.29 is 14.8 Å². The summed E-state index contributed by atoms with van der Waals surface area (Å²) in [5.74, 6) is 0.261. The fourth-order valence-electron chi connectivity index (χ4n) is 1.96. The van der Waals surface area contributed by atoms with E-state index < -0.39 is 4.92 Å². The molecule has 88 valence electrons. The van der Waals surface area contributed by atoms with Crippen molar-refractivity contribution in [2.45, 2.75) is 25.7 Å². The largest absolute Gasteiger partial charge is 0.394 e. The monoisotopic (exact) mass is 226 g/mol. The Labute approximate surface area is 92.6 Å². The molecule has 1 aromatic rings. The molecule has 1 aliphatic heterocycles. The number of nitrogens with zero attached hydrogens (tertiary/aromatic N) is 2. The van der Waals surface area contributed by atoms with Gasteiger partial charge in [-0.2, -0.15) is 0 Å². The number of aromatic nitrogens is 1. The molecule has 1 aliphatic rings. The molecule has 2 rings (SSSR count). The average molecular weight is 226 g/mol. The van der Waals surface area contributed by atoms with Crippen LogP contribution in [0.3, 0.4) is 0 Å². The lowest BCUT2D eigenvalue weighted by Crippen LogP contribution is -2.18. The second-order valence-corrected chi connectivity index (χ2v) is 4.10. The quantitative estimate of drug-likeness (QED) is 0.622. The van der Waals surface area contributed by atoms with E-state index in [0.29, 0.717) is 0 Å². The van der Waals surface area contributed by atoms with E-state index in [2.05, 4.69) is 0 Å². The molecule has 1 N–H and O–H groups in total. The van der Waals surface area contributed by atoms with Gasteiger partial charge in [-0.25, -0.2) is 0 Å². The highest BCUT2D eigenvalue weighted by Gasteiger charge is 2.32. The Balaban J connectivity index is 2.11. The van der Waals surface area contributed by atoms with E-state index in [4.69, 9.17) is 9.84 Å². The molecule has 1 fully saturated rings. The fourth-order valence-corrected chi connectivity index (χ4v) is 1.96. The SMILES string of the molecule is C[C@@H]1C[C@H](n2ccc([N+](=O)[O-])c2)O[C@@H]1CO. The van der Waals surface area contributed by atoms with Crippen LogP contribution in [0.1, 0.15) is 19.6 Å². The van der Waals surface area contributed by atoms with Crippen molar-refractivity contribution in [1.82, 2.24) is 4.57 Å². The summed E-state index contributed by atoms with van der Waals surface area (Å²) in [6.07, 6.45) is 3.47. The maximum atomic E-state index is 10.5. The molecular weight excluding hydrogens is 212 g/mol. The molecule has 6 heteroatoms. The van der Waals surface area contributed by atoms with Crippen LogP contribution in [0.25, 0.3) is 0 Å². The molecule has 0 radical (unpaired) electrons. The van der Waals surface area contributed by atoms with Crippen LogP contribution in [-0.4, -0.2) is 27.3 Å². The summed E-state index contributed by atoms with van der Waals surface area (Å²) in [4.78, 5) is 10.1. The van der Waals surface area contributed by atoms with Gasteiger partial charge in [-0.3, -0.25) is 10.1 Å². The van der Waals surface area contributed by atoms with Gasteiger partial charge in [0.2, 0.25) is 0 Å². The summed E-state index contributed by atoms with van der Waals surface area (Å²) >= 11 is 0. The number of hydrogen-bond acceptors (Lipinski definition) is 4. The Morgan fingerprint density at radius 2 is 2.50 bits per heavy atom. The van der Waals surface area contributed by atoms with Gasteiger partial charge in [-0.05, 0) is 12.3 Å². The summed E-state index contributed by atoms with van der Waals surface area (Å²) in [5, 5.41) is 19.6. The second-order valence-electron chi connectivity index (χ2n) is 4.10. The highest BCUT2D eigenvalue weighted by Crippen LogP contribution is 2.33. The number of aliphatic hydroxyl groups excluding tert-OH is 1. The van der Waals surface area contributed by atoms with Gasteiger partial charge in [-0.1, -0.05) is 6.92 Å². The van der Waals surface area contributed by atoms with Crippen LogP contribution in [0.2, 0.25) is 0 Å². The van der Waals surface area contributed by atoms with Gasteiger partial charge in [0, 0.05) is 12.3 Å². The highest BCUT2D eigenvalue weighted by atomic mass is 16.6. The number of rotatable bonds is 3. The molecule has 16 heavy (non-hydrogen) atoms. The van der Waals surface area contributed by atoms with Crippen LogP contribution < -0.4 is 0 Å². The van der Waals surface area contributed by atoms with Crippen molar-refractivity contribution in [1.29, 1.82) is 0 Å². The molecule has 0 amide bonds. The first-order valence-corrected chi connectivity index (χ1v) is 5.20. The molecule has 6 nitrogen and oxygen atoms in total. The van der Waals surface area contributed by atoms with Gasteiger partial charge < -0.3 is 14.4 Å². The lowest BCUT2D eigenvalue weighted by molar-refractivity contribution is -0.384. The Hall–Kier alpha value is -1.40. The lowest BCUT2D eigenvalue weighted by atomic mass is 10.0. The van der Waals surface area contributed by atoms with Gasteiger partial charge >= 0.3 is 0 Å². The van der Waals surface area contributed by atoms with E-state index >= 15 is 0 Å². The minimum atomic E-state index is -0.432. The Morgan fingerprint density at radius 1 is 1.75 bits per heavy atom. The van der Waals surface area contributed by atoms with Gasteiger partial charge in [0.1, 0.15) is 6.23 Å². The molecule has 0 aromatic carbocycles. The van der Waals surface area contributed by atoms with Crippen molar-refractivity contribution in [3.63, 3.8) is 0 Å². The van der Waals surface area contributed by atoms with Gasteiger partial charge in [-0.15, -0.1) is 0 Å². The molecule has 0 saturated carbocycles. The zero-order chi connectivity index (χ0) is 11.7. The van der Waals surface area contributed by atoms with Crippen molar-refractivity contribution >= 4 is 5.69 Å². The molecule has 1 saturated heterocycles. The lowest BCUT2D eigenvalue weighted by Gasteiger charge is -2.13. The van der Waals surface area contributed by atoms with Gasteiger partial charge in [0.05, 0.1) is 23.8 Å². The third kappa shape index (κ3) is 1.94. The average Bonchev–Trinajstić information content (AvgIpc) is 2.83. The maximum Gasteiger partial charge on any atom is 0.286 e. The maximum absolute atomic E-state index is 10.5. The smallest absolute Gasteiger partial charge is 0.286 e. The number of aliphatic hydroxyl groups is 1. The van der Waals surface area contributed by atoms with E-state index in [1.165, 1.54) is 12.3 Å². The molecular formula is C10H14N2O4. The number of ether oxygens (including phenoxy) is 1. The molecule has 1 aromatic heterocycles. The standard InChI is InChI=1S/C10H14N2O4/c1-7-4-10(16-9(7)6-13)11-3-2-8(5-11)12(14)15/h2-3,5,7,9-10,13H,4,6H2,1H3/t7-,9-,10-/m1/s1. The first-order chi connectivity index (χ1) is 7.61. The van der Waals surface area contributed by atoms with E-state index in [0.717, 1.165) is 6.42 Å².